The van der Waals surface area contributed by atoms with Crippen LogP contribution in [0.3, 0.4) is 0 Å². The topological polar surface area (TPSA) is 69.4 Å². The summed E-state index contributed by atoms with van der Waals surface area (Å²) >= 11 is 0. The van der Waals surface area contributed by atoms with Crippen molar-refractivity contribution in [1.82, 2.24) is 0 Å². The van der Waals surface area contributed by atoms with Crippen molar-refractivity contribution in [2.45, 2.75) is 44.8 Å². The smallest absolute Gasteiger partial charge is 0.150 e. The van der Waals surface area contributed by atoms with Gasteiger partial charge in [-0.2, -0.15) is 0 Å². The lowest BCUT2D eigenvalue weighted by atomic mass is 9.81. The molecule has 0 aliphatic carbocycles. The van der Waals surface area contributed by atoms with Crippen LogP contribution in [0.1, 0.15) is 32.6 Å². The fraction of sp³-hybridized carbons (Fsp3) is 1.00. The maximum absolute atomic E-state index is 11.5. The molecule has 94 valence electrons. The van der Waals surface area contributed by atoms with Gasteiger partial charge in [0.1, 0.15) is 0 Å². The van der Waals surface area contributed by atoms with Crippen molar-refractivity contribution in [3.8, 4) is 0 Å². The number of nitrogens with two attached hydrogens (primary N) is 1. The third-order valence-corrected chi connectivity index (χ3v) is 5.76. The van der Waals surface area contributed by atoms with Gasteiger partial charge in [-0.1, -0.05) is 0 Å². The van der Waals surface area contributed by atoms with Crippen molar-refractivity contribution in [2.24, 2.45) is 11.1 Å². The first-order valence-electron chi connectivity index (χ1n) is 6.01. The summed E-state index contributed by atoms with van der Waals surface area (Å²) in [4.78, 5) is 0. The molecule has 2 rings (SSSR count). The number of sulfone groups is 1. The first-order valence-corrected chi connectivity index (χ1v) is 7.83. The van der Waals surface area contributed by atoms with Gasteiger partial charge in [0, 0.05) is 0 Å². The Bertz CT molecular complexity index is 354. The first-order chi connectivity index (χ1) is 7.45. The molecule has 0 aromatic rings. The van der Waals surface area contributed by atoms with Gasteiger partial charge >= 0.3 is 0 Å². The Kier molecular flexibility index (Phi) is 3.29. The van der Waals surface area contributed by atoms with Crippen molar-refractivity contribution in [2.75, 3.05) is 18.1 Å². The highest BCUT2D eigenvalue weighted by atomic mass is 32.2. The van der Waals surface area contributed by atoms with Crippen LogP contribution in [-0.4, -0.2) is 38.7 Å². The second-order valence-corrected chi connectivity index (χ2v) is 7.58. The molecule has 0 amide bonds. The van der Waals surface area contributed by atoms with Gasteiger partial charge in [0.05, 0.1) is 23.7 Å². The van der Waals surface area contributed by atoms with E-state index in [0.29, 0.717) is 24.8 Å². The van der Waals surface area contributed by atoms with E-state index in [9.17, 15) is 8.42 Å². The number of rotatable bonds is 3. The summed E-state index contributed by atoms with van der Waals surface area (Å²) in [7, 11) is -2.86. The molecule has 2 N–H and O–H groups in total. The van der Waals surface area contributed by atoms with Crippen molar-refractivity contribution in [3.63, 3.8) is 0 Å². The van der Waals surface area contributed by atoms with E-state index in [4.69, 9.17) is 10.5 Å². The van der Waals surface area contributed by atoms with Gasteiger partial charge in [-0.25, -0.2) is 8.42 Å². The second kappa shape index (κ2) is 4.27. The molecule has 0 saturated carbocycles. The molecule has 3 unspecified atom stereocenters. The summed E-state index contributed by atoms with van der Waals surface area (Å²) in [5, 5.41) is 0. The second-order valence-electron chi connectivity index (χ2n) is 5.40. The lowest BCUT2D eigenvalue weighted by molar-refractivity contribution is 0.0280. The third kappa shape index (κ3) is 2.57. The van der Waals surface area contributed by atoms with Crippen molar-refractivity contribution >= 4 is 9.84 Å². The molecule has 2 aliphatic heterocycles. The predicted octanol–water partition coefficient (Wildman–Crippen LogP) is 0.708. The van der Waals surface area contributed by atoms with Gasteiger partial charge in [-0.05, 0) is 44.6 Å². The number of ether oxygens (including phenoxy) is 1. The molecule has 0 aromatic carbocycles. The molecule has 2 fully saturated rings. The Morgan fingerprint density at radius 2 is 2.19 bits per heavy atom. The number of hydrogen-bond donors (Lipinski definition) is 1. The highest BCUT2D eigenvalue weighted by Gasteiger charge is 2.43. The zero-order valence-corrected chi connectivity index (χ0v) is 10.6. The van der Waals surface area contributed by atoms with E-state index in [-0.39, 0.29) is 17.3 Å². The van der Waals surface area contributed by atoms with E-state index in [1.807, 2.05) is 0 Å². The number of hydrogen-bond acceptors (Lipinski definition) is 4. The largest absolute Gasteiger partial charge is 0.375 e. The summed E-state index contributed by atoms with van der Waals surface area (Å²) in [6, 6.07) is 0. The van der Waals surface area contributed by atoms with E-state index in [1.165, 1.54) is 0 Å². The van der Waals surface area contributed by atoms with Gasteiger partial charge in [0.15, 0.2) is 9.84 Å². The molecule has 2 aliphatic rings. The van der Waals surface area contributed by atoms with Crippen LogP contribution in [0.15, 0.2) is 0 Å². The maximum Gasteiger partial charge on any atom is 0.150 e. The SMILES string of the molecule is CC1CCC(CC2(CN)CCS(=O)(=O)C2)O1. The van der Waals surface area contributed by atoms with E-state index in [0.717, 1.165) is 19.3 Å². The minimum absolute atomic E-state index is 0.215. The van der Waals surface area contributed by atoms with Gasteiger partial charge in [0.2, 0.25) is 0 Å². The lowest BCUT2D eigenvalue weighted by Crippen LogP contribution is -2.35. The van der Waals surface area contributed by atoms with Crippen LogP contribution in [0.2, 0.25) is 0 Å². The minimum atomic E-state index is -2.86. The normalized spacial score (nSPS) is 42.6. The monoisotopic (exact) mass is 247 g/mol. The predicted molar refractivity (Wildman–Crippen MR) is 62.9 cm³/mol. The molecule has 4 nitrogen and oxygen atoms in total. The summed E-state index contributed by atoms with van der Waals surface area (Å²) in [5.41, 5.74) is 5.57. The molecule has 0 radical (unpaired) electrons. The minimum Gasteiger partial charge on any atom is -0.375 e. The Hall–Kier alpha value is -0.130. The molecule has 0 spiro atoms. The average Bonchev–Trinajstić information content (AvgIpc) is 2.72. The molecule has 5 heteroatoms. The fourth-order valence-electron chi connectivity index (χ4n) is 2.91. The van der Waals surface area contributed by atoms with Gasteiger partial charge < -0.3 is 10.5 Å². The van der Waals surface area contributed by atoms with Crippen LogP contribution >= 0.6 is 0 Å². The van der Waals surface area contributed by atoms with Gasteiger partial charge in [-0.15, -0.1) is 0 Å². The molecule has 3 atom stereocenters. The highest BCUT2D eigenvalue weighted by molar-refractivity contribution is 7.91. The van der Waals surface area contributed by atoms with Gasteiger partial charge in [-0.3, -0.25) is 0 Å². The van der Waals surface area contributed by atoms with Crippen LogP contribution in [0.25, 0.3) is 0 Å². The Morgan fingerprint density at radius 1 is 1.44 bits per heavy atom. The van der Waals surface area contributed by atoms with Crippen LogP contribution < -0.4 is 5.73 Å². The van der Waals surface area contributed by atoms with Crippen LogP contribution in [0.5, 0.6) is 0 Å². The first kappa shape index (κ1) is 12.3. The van der Waals surface area contributed by atoms with E-state index in [2.05, 4.69) is 6.92 Å². The zero-order chi connectivity index (χ0) is 11.8. The quantitative estimate of drug-likeness (QED) is 0.797. The maximum atomic E-state index is 11.5. The summed E-state index contributed by atoms with van der Waals surface area (Å²) in [6.45, 7) is 2.53. The van der Waals surface area contributed by atoms with E-state index in [1.54, 1.807) is 0 Å². The van der Waals surface area contributed by atoms with Crippen LogP contribution in [-0.2, 0) is 14.6 Å². The summed E-state index contributed by atoms with van der Waals surface area (Å²) in [5.74, 6) is 0.553. The molecule has 16 heavy (non-hydrogen) atoms. The Balaban J connectivity index is 2.01. The molecular weight excluding hydrogens is 226 g/mol. The summed E-state index contributed by atoms with van der Waals surface area (Å²) < 4.78 is 28.9. The third-order valence-electron chi connectivity index (χ3n) is 3.88. The van der Waals surface area contributed by atoms with Crippen molar-refractivity contribution < 1.29 is 13.2 Å². The standard InChI is InChI=1S/C11H21NO3S/c1-9-2-3-10(15-9)6-11(7-12)4-5-16(13,14)8-11/h9-10H,2-8,12H2,1H3. The summed E-state index contributed by atoms with van der Waals surface area (Å²) in [6.07, 6.45) is 4.18. The highest BCUT2D eigenvalue weighted by Crippen LogP contribution is 2.39. The van der Waals surface area contributed by atoms with E-state index < -0.39 is 9.84 Å². The Morgan fingerprint density at radius 3 is 2.62 bits per heavy atom. The average molecular weight is 247 g/mol. The molecule has 2 heterocycles. The van der Waals surface area contributed by atoms with Crippen molar-refractivity contribution in [1.29, 1.82) is 0 Å². The van der Waals surface area contributed by atoms with Crippen LogP contribution in [0.4, 0.5) is 0 Å². The van der Waals surface area contributed by atoms with Crippen molar-refractivity contribution in [3.05, 3.63) is 0 Å². The van der Waals surface area contributed by atoms with Crippen LogP contribution in [0, 0.1) is 5.41 Å². The molecule has 2 saturated heterocycles. The van der Waals surface area contributed by atoms with E-state index >= 15 is 0 Å². The zero-order valence-electron chi connectivity index (χ0n) is 9.81. The molecular formula is C11H21NO3S. The fourth-order valence-corrected chi connectivity index (χ4v) is 5.11. The lowest BCUT2D eigenvalue weighted by Gasteiger charge is -2.28. The molecule has 0 aromatic heterocycles. The van der Waals surface area contributed by atoms with Gasteiger partial charge in [0.25, 0.3) is 0 Å². The Labute approximate surface area is 97.5 Å². The molecule has 0 bridgehead atoms.